The standard InChI is InChI=1S/C18H18NP.C2H4O2/c19-20(16-10-4-1-5-11-16,17-12-6-2-7-13-17)18-14-8-3-9-15-18;1-2(3)4/h1-15,20H,19H2;1H3,(H,3,4). The van der Waals surface area contributed by atoms with Gasteiger partial charge in [-0.1, -0.05) is 0 Å². The molecule has 24 heavy (non-hydrogen) atoms. The summed E-state index contributed by atoms with van der Waals surface area (Å²) in [4.78, 5) is 9.00. The van der Waals surface area contributed by atoms with Crippen LogP contribution in [0.1, 0.15) is 6.92 Å². The van der Waals surface area contributed by atoms with Gasteiger partial charge in [-0.2, -0.15) is 0 Å². The minimum atomic E-state index is -2.38. The van der Waals surface area contributed by atoms with E-state index >= 15 is 0 Å². The quantitative estimate of drug-likeness (QED) is 0.721. The van der Waals surface area contributed by atoms with Crippen LogP contribution in [-0.2, 0) is 4.79 Å². The molecule has 0 bridgehead atoms. The molecule has 0 radical (unpaired) electrons. The van der Waals surface area contributed by atoms with E-state index < -0.39 is 13.4 Å². The Morgan fingerprint density at radius 2 is 0.917 bits per heavy atom. The molecule has 3 aromatic carbocycles. The molecule has 0 unspecified atom stereocenters. The van der Waals surface area contributed by atoms with E-state index in [0.717, 1.165) is 6.92 Å². The second-order valence-electron chi connectivity index (χ2n) is 5.43. The topological polar surface area (TPSA) is 63.3 Å². The van der Waals surface area contributed by atoms with Crippen LogP contribution in [0.15, 0.2) is 91.0 Å². The first-order valence-electron chi connectivity index (χ1n) is 7.70. The molecule has 3 aromatic rings. The predicted molar refractivity (Wildman–Crippen MR) is 104 cm³/mol. The van der Waals surface area contributed by atoms with Crippen LogP contribution in [0, 0.1) is 0 Å². The number of benzene rings is 3. The summed E-state index contributed by atoms with van der Waals surface area (Å²) in [5.41, 5.74) is 7.00. The van der Waals surface area contributed by atoms with Crippen molar-refractivity contribution in [3.8, 4) is 0 Å². The normalized spacial score (nSPS) is 11.1. The first-order valence-corrected chi connectivity index (χ1v) is 9.78. The number of hydrogen-bond acceptors (Lipinski definition) is 2. The monoisotopic (exact) mass is 339 g/mol. The van der Waals surface area contributed by atoms with Gasteiger partial charge in [0.2, 0.25) is 0 Å². The zero-order valence-electron chi connectivity index (χ0n) is 13.6. The van der Waals surface area contributed by atoms with E-state index in [2.05, 4.69) is 72.8 Å². The van der Waals surface area contributed by atoms with Crippen LogP contribution >= 0.6 is 7.41 Å². The van der Waals surface area contributed by atoms with Crippen molar-refractivity contribution in [3.05, 3.63) is 91.0 Å². The van der Waals surface area contributed by atoms with E-state index in [9.17, 15) is 0 Å². The van der Waals surface area contributed by atoms with E-state index in [1.807, 2.05) is 18.2 Å². The molecule has 0 aliphatic carbocycles. The van der Waals surface area contributed by atoms with Gasteiger partial charge >= 0.3 is 120 Å². The van der Waals surface area contributed by atoms with Crippen molar-refractivity contribution >= 4 is 29.3 Å². The van der Waals surface area contributed by atoms with Crippen molar-refractivity contribution in [1.29, 1.82) is 0 Å². The van der Waals surface area contributed by atoms with Crippen molar-refractivity contribution in [1.82, 2.24) is 0 Å². The van der Waals surface area contributed by atoms with Gasteiger partial charge in [0.25, 0.3) is 5.97 Å². The Morgan fingerprint density at radius 1 is 0.708 bits per heavy atom. The van der Waals surface area contributed by atoms with E-state index in [-0.39, 0.29) is 0 Å². The SMILES string of the molecule is CC(=O)O.N[PH](c1ccccc1)(c1ccccc1)c1ccccc1. The second kappa shape index (κ2) is 8.39. The number of hydrogen-bond donors (Lipinski definition) is 2. The van der Waals surface area contributed by atoms with Crippen LogP contribution in [0.4, 0.5) is 0 Å². The Bertz CT molecular complexity index is 661. The number of nitrogens with two attached hydrogens (primary N) is 1. The third kappa shape index (κ3) is 4.29. The molecule has 0 aliphatic heterocycles. The number of aliphatic carboxylic acids is 1. The molecule has 3 N–H and O–H groups in total. The molecule has 0 heterocycles. The van der Waals surface area contributed by atoms with E-state index in [1.165, 1.54) is 15.9 Å². The molecular formula is C20H22NO2P. The number of carboxylic acid groups (broad SMARTS) is 1. The first kappa shape index (κ1) is 17.9. The number of carboxylic acids is 1. The summed E-state index contributed by atoms with van der Waals surface area (Å²) in [7, 11) is -2.38. The van der Waals surface area contributed by atoms with Crippen LogP contribution in [0.3, 0.4) is 0 Å². The molecule has 0 saturated heterocycles. The molecule has 0 saturated carbocycles. The average Bonchev–Trinajstić information content (AvgIpc) is 2.63. The Hall–Kier alpha value is -2.48. The molecule has 4 heteroatoms. The molecule has 0 aliphatic rings. The first-order chi connectivity index (χ1) is 11.5. The maximum atomic E-state index is 9.00. The van der Waals surface area contributed by atoms with Crippen LogP contribution in [0.2, 0.25) is 0 Å². The molecule has 0 aromatic heterocycles. The van der Waals surface area contributed by atoms with Crippen molar-refractivity contribution in [2.75, 3.05) is 0 Å². The Labute approximate surface area is 143 Å². The molecule has 0 spiro atoms. The van der Waals surface area contributed by atoms with E-state index in [4.69, 9.17) is 15.4 Å². The summed E-state index contributed by atoms with van der Waals surface area (Å²) in [5, 5.41) is 11.1. The van der Waals surface area contributed by atoms with Gasteiger partial charge in [-0.05, 0) is 0 Å². The summed E-state index contributed by atoms with van der Waals surface area (Å²) in [6.07, 6.45) is 0. The van der Waals surface area contributed by atoms with Gasteiger partial charge in [0.1, 0.15) is 0 Å². The molecule has 0 fully saturated rings. The summed E-state index contributed by atoms with van der Waals surface area (Å²) >= 11 is 0. The fourth-order valence-electron chi connectivity index (χ4n) is 2.60. The predicted octanol–water partition coefficient (Wildman–Crippen LogP) is 2.68. The van der Waals surface area contributed by atoms with Crippen molar-refractivity contribution in [2.45, 2.75) is 6.92 Å². The Balaban J connectivity index is 0.000000471. The van der Waals surface area contributed by atoms with Crippen LogP contribution in [0.25, 0.3) is 0 Å². The van der Waals surface area contributed by atoms with Crippen molar-refractivity contribution < 1.29 is 9.90 Å². The maximum absolute atomic E-state index is 9.00. The third-order valence-corrected chi connectivity index (χ3v) is 7.42. The summed E-state index contributed by atoms with van der Waals surface area (Å²) in [5.74, 6) is -0.833. The van der Waals surface area contributed by atoms with Gasteiger partial charge < -0.3 is 5.11 Å². The van der Waals surface area contributed by atoms with Crippen LogP contribution < -0.4 is 21.4 Å². The molecule has 3 rings (SSSR count). The van der Waals surface area contributed by atoms with Gasteiger partial charge in [-0.3, -0.25) is 4.79 Å². The fraction of sp³-hybridized carbons (Fsp3) is 0.0500. The summed E-state index contributed by atoms with van der Waals surface area (Å²) in [6, 6.07) is 31.4. The van der Waals surface area contributed by atoms with Crippen LogP contribution in [0.5, 0.6) is 0 Å². The van der Waals surface area contributed by atoms with Gasteiger partial charge in [0.15, 0.2) is 0 Å². The van der Waals surface area contributed by atoms with Crippen molar-refractivity contribution in [3.63, 3.8) is 0 Å². The fourth-order valence-corrected chi connectivity index (χ4v) is 5.76. The van der Waals surface area contributed by atoms with Gasteiger partial charge in [0.05, 0.1) is 0 Å². The molecular weight excluding hydrogens is 317 g/mol. The van der Waals surface area contributed by atoms with Crippen LogP contribution in [-0.4, -0.2) is 11.1 Å². The summed E-state index contributed by atoms with van der Waals surface area (Å²) < 4.78 is 0. The molecule has 3 nitrogen and oxygen atoms in total. The minimum absolute atomic E-state index is 0.833. The molecule has 124 valence electrons. The Morgan fingerprint density at radius 3 is 1.12 bits per heavy atom. The zero-order chi connectivity index (χ0) is 17.4. The zero-order valence-corrected chi connectivity index (χ0v) is 14.6. The molecule has 0 amide bonds. The Kier molecular flexibility index (Phi) is 6.25. The van der Waals surface area contributed by atoms with E-state index in [1.54, 1.807) is 0 Å². The average molecular weight is 339 g/mol. The van der Waals surface area contributed by atoms with Gasteiger partial charge in [0, 0.05) is 6.92 Å². The van der Waals surface area contributed by atoms with Crippen molar-refractivity contribution in [2.24, 2.45) is 5.50 Å². The van der Waals surface area contributed by atoms with Gasteiger partial charge in [-0.15, -0.1) is 0 Å². The number of rotatable bonds is 3. The third-order valence-electron chi connectivity index (χ3n) is 3.69. The second-order valence-corrected chi connectivity index (χ2v) is 8.77. The molecule has 0 atom stereocenters. The van der Waals surface area contributed by atoms with E-state index in [0.29, 0.717) is 0 Å². The summed E-state index contributed by atoms with van der Waals surface area (Å²) in [6.45, 7) is 1.08. The van der Waals surface area contributed by atoms with Gasteiger partial charge in [-0.25, -0.2) is 0 Å². The number of carbonyl (C=O) groups is 1.